The lowest BCUT2D eigenvalue weighted by atomic mass is 10.2. The number of benzene rings is 1. The predicted octanol–water partition coefficient (Wildman–Crippen LogP) is 1.05. The summed E-state index contributed by atoms with van der Waals surface area (Å²) in [4.78, 5) is 24.4. The van der Waals surface area contributed by atoms with E-state index >= 15 is 0 Å². The maximum absolute atomic E-state index is 12.3. The largest absolute Gasteiger partial charge is 0.346 e. The molecule has 0 spiro atoms. The Morgan fingerprint density at radius 3 is 2.74 bits per heavy atom. The quantitative estimate of drug-likeness (QED) is 0.880. The highest BCUT2D eigenvalue weighted by molar-refractivity contribution is 5.92. The Hall–Kier alpha value is -2.18. The standard InChI is InChI=1S/C16H18N4O2.ClH/c1-11-9-14(21)15(16(22)18-12-7-8-17-10-12)19-20(11)13-5-3-2-4-6-13;/h2-6,9,12,17H,7-8,10H2,1H3,(H,18,22);1H. The van der Waals surface area contributed by atoms with Crippen LogP contribution in [0.2, 0.25) is 0 Å². The molecule has 1 fully saturated rings. The fourth-order valence-corrected chi connectivity index (χ4v) is 2.57. The van der Waals surface area contributed by atoms with Gasteiger partial charge in [-0.2, -0.15) is 5.10 Å². The molecule has 122 valence electrons. The molecule has 6 nitrogen and oxygen atoms in total. The van der Waals surface area contributed by atoms with Crippen molar-refractivity contribution in [2.75, 3.05) is 13.1 Å². The van der Waals surface area contributed by atoms with Gasteiger partial charge in [0.2, 0.25) is 5.43 Å². The van der Waals surface area contributed by atoms with Crippen molar-refractivity contribution in [2.45, 2.75) is 19.4 Å². The van der Waals surface area contributed by atoms with Crippen LogP contribution in [0.15, 0.2) is 41.2 Å². The van der Waals surface area contributed by atoms with E-state index < -0.39 is 5.91 Å². The Kier molecular flexibility index (Phi) is 5.52. The molecule has 23 heavy (non-hydrogen) atoms. The van der Waals surface area contributed by atoms with Crippen molar-refractivity contribution in [3.05, 3.63) is 58.0 Å². The van der Waals surface area contributed by atoms with E-state index in [-0.39, 0.29) is 29.6 Å². The first-order valence-electron chi connectivity index (χ1n) is 7.33. The third-order valence-corrected chi connectivity index (χ3v) is 3.72. The predicted molar refractivity (Wildman–Crippen MR) is 90.6 cm³/mol. The van der Waals surface area contributed by atoms with E-state index in [9.17, 15) is 9.59 Å². The summed E-state index contributed by atoms with van der Waals surface area (Å²) in [5, 5.41) is 10.3. The highest BCUT2D eigenvalue weighted by Crippen LogP contribution is 2.08. The van der Waals surface area contributed by atoms with E-state index in [0.717, 1.165) is 25.2 Å². The second-order valence-corrected chi connectivity index (χ2v) is 5.41. The van der Waals surface area contributed by atoms with Gasteiger partial charge in [-0.05, 0) is 32.0 Å². The normalized spacial score (nSPS) is 16.7. The number of carbonyl (C=O) groups is 1. The molecule has 1 unspecified atom stereocenters. The van der Waals surface area contributed by atoms with E-state index in [1.165, 1.54) is 6.07 Å². The average molecular weight is 335 g/mol. The van der Waals surface area contributed by atoms with Gasteiger partial charge in [-0.15, -0.1) is 12.4 Å². The smallest absolute Gasteiger partial charge is 0.276 e. The van der Waals surface area contributed by atoms with Gasteiger partial charge in [0.1, 0.15) is 0 Å². The Balaban J connectivity index is 0.00000192. The summed E-state index contributed by atoms with van der Waals surface area (Å²) >= 11 is 0. The van der Waals surface area contributed by atoms with Gasteiger partial charge in [0.15, 0.2) is 5.69 Å². The number of amides is 1. The van der Waals surface area contributed by atoms with Crippen LogP contribution in [0.5, 0.6) is 0 Å². The molecule has 0 bridgehead atoms. The Morgan fingerprint density at radius 1 is 1.35 bits per heavy atom. The molecule has 1 aromatic carbocycles. The van der Waals surface area contributed by atoms with Crippen LogP contribution in [0.3, 0.4) is 0 Å². The van der Waals surface area contributed by atoms with Gasteiger partial charge in [-0.1, -0.05) is 18.2 Å². The zero-order valence-electron chi connectivity index (χ0n) is 12.8. The minimum Gasteiger partial charge on any atom is -0.346 e. The summed E-state index contributed by atoms with van der Waals surface area (Å²) in [6.07, 6.45) is 0.866. The molecule has 0 aliphatic carbocycles. The summed E-state index contributed by atoms with van der Waals surface area (Å²) in [6.45, 7) is 3.40. The number of nitrogens with one attached hydrogen (secondary N) is 2. The monoisotopic (exact) mass is 334 g/mol. The lowest BCUT2D eigenvalue weighted by molar-refractivity contribution is 0.0932. The molecule has 1 aromatic heterocycles. The van der Waals surface area contributed by atoms with Gasteiger partial charge in [0.05, 0.1) is 5.69 Å². The maximum atomic E-state index is 12.3. The van der Waals surface area contributed by atoms with Crippen molar-refractivity contribution in [2.24, 2.45) is 0 Å². The van der Waals surface area contributed by atoms with Gasteiger partial charge < -0.3 is 10.6 Å². The molecular formula is C16H19ClN4O2. The number of carbonyl (C=O) groups excluding carboxylic acids is 1. The van der Waals surface area contributed by atoms with E-state index in [4.69, 9.17) is 0 Å². The average Bonchev–Trinajstić information content (AvgIpc) is 3.01. The van der Waals surface area contributed by atoms with Crippen LogP contribution in [0.4, 0.5) is 0 Å². The summed E-state index contributed by atoms with van der Waals surface area (Å²) < 4.78 is 1.61. The van der Waals surface area contributed by atoms with Crippen molar-refractivity contribution < 1.29 is 4.79 Å². The molecule has 0 radical (unpaired) electrons. The number of hydrogen-bond donors (Lipinski definition) is 2. The van der Waals surface area contributed by atoms with E-state index in [1.807, 2.05) is 30.3 Å². The molecule has 1 saturated heterocycles. The Labute approximate surface area is 140 Å². The number of aryl methyl sites for hydroxylation is 1. The highest BCUT2D eigenvalue weighted by Gasteiger charge is 2.21. The van der Waals surface area contributed by atoms with Crippen LogP contribution in [0.1, 0.15) is 22.6 Å². The van der Waals surface area contributed by atoms with E-state index in [2.05, 4.69) is 15.7 Å². The molecule has 0 saturated carbocycles. The number of rotatable bonds is 3. The highest BCUT2D eigenvalue weighted by atomic mass is 35.5. The van der Waals surface area contributed by atoms with E-state index in [0.29, 0.717) is 5.69 Å². The molecule has 1 aliphatic rings. The van der Waals surface area contributed by atoms with Gasteiger partial charge >= 0.3 is 0 Å². The molecule has 3 rings (SSSR count). The van der Waals surface area contributed by atoms with Crippen molar-refractivity contribution in [1.29, 1.82) is 0 Å². The summed E-state index contributed by atoms with van der Waals surface area (Å²) in [7, 11) is 0. The maximum Gasteiger partial charge on any atom is 0.276 e. The second kappa shape index (κ2) is 7.39. The van der Waals surface area contributed by atoms with Crippen molar-refractivity contribution in [3.8, 4) is 5.69 Å². The lowest BCUT2D eigenvalue weighted by Gasteiger charge is -2.13. The van der Waals surface area contributed by atoms with Crippen LogP contribution in [-0.4, -0.2) is 34.8 Å². The topological polar surface area (TPSA) is 76.0 Å². The van der Waals surface area contributed by atoms with Crippen LogP contribution in [-0.2, 0) is 0 Å². The third-order valence-electron chi connectivity index (χ3n) is 3.72. The number of para-hydroxylation sites is 1. The van der Waals surface area contributed by atoms with Crippen LogP contribution in [0.25, 0.3) is 5.69 Å². The molecular weight excluding hydrogens is 316 g/mol. The fraction of sp³-hybridized carbons (Fsp3) is 0.312. The van der Waals surface area contributed by atoms with Gasteiger partial charge in [0.25, 0.3) is 5.91 Å². The lowest BCUT2D eigenvalue weighted by Crippen LogP contribution is -2.39. The SMILES string of the molecule is Cc1cc(=O)c(C(=O)NC2CCNC2)nn1-c1ccccc1.Cl. The van der Waals surface area contributed by atoms with Gasteiger partial charge in [0, 0.05) is 24.3 Å². The van der Waals surface area contributed by atoms with Crippen molar-refractivity contribution >= 4 is 18.3 Å². The molecule has 2 heterocycles. The molecule has 1 amide bonds. The van der Waals surface area contributed by atoms with Crippen molar-refractivity contribution in [1.82, 2.24) is 20.4 Å². The third kappa shape index (κ3) is 3.78. The molecule has 2 N–H and O–H groups in total. The summed E-state index contributed by atoms with van der Waals surface area (Å²) in [5.41, 5.74) is 1.08. The molecule has 2 aromatic rings. The molecule has 7 heteroatoms. The van der Waals surface area contributed by atoms with Gasteiger partial charge in [-0.25, -0.2) is 4.68 Å². The zero-order chi connectivity index (χ0) is 15.5. The fourth-order valence-electron chi connectivity index (χ4n) is 2.57. The minimum atomic E-state index is -0.414. The second-order valence-electron chi connectivity index (χ2n) is 5.41. The zero-order valence-corrected chi connectivity index (χ0v) is 13.6. The first-order valence-corrected chi connectivity index (χ1v) is 7.33. The minimum absolute atomic E-state index is 0. The first-order chi connectivity index (χ1) is 10.6. The van der Waals surface area contributed by atoms with Crippen LogP contribution < -0.4 is 16.1 Å². The number of nitrogens with zero attached hydrogens (tertiary/aromatic N) is 2. The van der Waals surface area contributed by atoms with E-state index in [1.54, 1.807) is 11.6 Å². The van der Waals surface area contributed by atoms with Crippen molar-refractivity contribution in [3.63, 3.8) is 0 Å². The summed E-state index contributed by atoms with van der Waals surface area (Å²) in [5.74, 6) is -0.414. The van der Waals surface area contributed by atoms with Crippen LogP contribution >= 0.6 is 12.4 Å². The number of halogens is 1. The Morgan fingerprint density at radius 2 is 2.09 bits per heavy atom. The molecule has 1 aliphatic heterocycles. The Bertz CT molecular complexity index is 739. The number of aromatic nitrogens is 2. The summed E-state index contributed by atoms with van der Waals surface area (Å²) in [6, 6.07) is 10.9. The number of hydrogen-bond acceptors (Lipinski definition) is 4. The van der Waals surface area contributed by atoms with Crippen LogP contribution in [0, 0.1) is 6.92 Å². The molecule has 1 atom stereocenters. The first kappa shape index (κ1) is 17.2. The van der Waals surface area contributed by atoms with Gasteiger partial charge in [-0.3, -0.25) is 9.59 Å².